The van der Waals surface area contributed by atoms with Crippen LogP contribution in [0.2, 0.25) is 0 Å². The van der Waals surface area contributed by atoms with E-state index in [-0.39, 0.29) is 16.8 Å². The molecule has 0 radical (unpaired) electrons. The maximum Gasteiger partial charge on any atom is 0.349 e. The Balaban J connectivity index is 3.01. The molecule has 0 aliphatic carbocycles. The molecule has 0 fully saturated rings. The Hall–Kier alpha value is -2.30. The van der Waals surface area contributed by atoms with E-state index in [2.05, 4.69) is 0 Å². The number of anilines is 2. The predicted molar refractivity (Wildman–Crippen MR) is 61.3 cm³/mol. The van der Waals surface area contributed by atoms with Crippen LogP contribution in [0.4, 0.5) is 11.4 Å². The number of carbonyl (C=O) groups excluding carboxylic acids is 1. The van der Waals surface area contributed by atoms with Gasteiger partial charge in [0.1, 0.15) is 5.56 Å². The maximum absolute atomic E-state index is 11.5. The van der Waals surface area contributed by atoms with Crippen molar-refractivity contribution in [2.75, 3.05) is 11.5 Å². The molecule has 82 valence electrons. The highest BCUT2D eigenvalue weighted by Crippen LogP contribution is 2.26. The van der Waals surface area contributed by atoms with Crippen LogP contribution >= 0.6 is 0 Å². The van der Waals surface area contributed by atoms with Gasteiger partial charge in [-0.3, -0.25) is 4.79 Å². The number of ketones is 1. The van der Waals surface area contributed by atoms with Gasteiger partial charge in [-0.15, -0.1) is 0 Å². The smallest absolute Gasteiger partial charge is 0.349 e. The lowest BCUT2D eigenvalue weighted by atomic mass is 10.1. The lowest BCUT2D eigenvalue weighted by Crippen LogP contribution is -2.15. The minimum atomic E-state index is -0.754. The zero-order chi connectivity index (χ0) is 11.9. The van der Waals surface area contributed by atoms with E-state index in [1.165, 1.54) is 6.92 Å². The highest BCUT2D eigenvalue weighted by atomic mass is 16.4. The van der Waals surface area contributed by atoms with Crippen LogP contribution in [0.25, 0.3) is 11.0 Å². The van der Waals surface area contributed by atoms with E-state index in [1.54, 1.807) is 18.2 Å². The summed E-state index contributed by atoms with van der Waals surface area (Å²) in [5, 5.41) is 0.477. The second-order valence-electron chi connectivity index (χ2n) is 3.46. The van der Waals surface area contributed by atoms with E-state index in [4.69, 9.17) is 15.9 Å². The third kappa shape index (κ3) is 1.33. The van der Waals surface area contributed by atoms with E-state index >= 15 is 0 Å². The number of fused-ring (bicyclic) bond motifs is 1. The second kappa shape index (κ2) is 3.37. The number of nitrogens with two attached hydrogens (primary N) is 2. The standard InChI is InChI=1S/C11H10N2O3/c1-5(14)8-9(13)6-3-2-4-7(12)10(6)16-11(8)15/h2-4H,12-13H2,1H3. The molecule has 4 N–H and O–H groups in total. The monoisotopic (exact) mass is 218 g/mol. The van der Waals surface area contributed by atoms with Crippen molar-refractivity contribution in [1.82, 2.24) is 0 Å². The lowest BCUT2D eigenvalue weighted by molar-refractivity contribution is 0.101. The van der Waals surface area contributed by atoms with Crippen LogP contribution in [-0.2, 0) is 0 Å². The summed E-state index contributed by atoms with van der Waals surface area (Å²) >= 11 is 0. The molecule has 1 aromatic heterocycles. The lowest BCUT2D eigenvalue weighted by Gasteiger charge is -2.05. The van der Waals surface area contributed by atoms with Gasteiger partial charge in [0.2, 0.25) is 0 Å². The third-order valence-electron chi connectivity index (χ3n) is 2.36. The Labute approximate surface area is 90.7 Å². The van der Waals surface area contributed by atoms with Gasteiger partial charge in [-0.05, 0) is 19.1 Å². The van der Waals surface area contributed by atoms with Crippen molar-refractivity contribution in [3.05, 3.63) is 34.2 Å². The van der Waals surface area contributed by atoms with Crippen molar-refractivity contribution in [2.24, 2.45) is 0 Å². The average Bonchev–Trinajstić information content (AvgIpc) is 2.19. The molecule has 1 aromatic carbocycles. The molecule has 0 aliphatic rings. The number of rotatable bonds is 1. The molecule has 5 nitrogen and oxygen atoms in total. The predicted octanol–water partition coefficient (Wildman–Crippen LogP) is 1.16. The molecule has 0 unspecified atom stereocenters. The topological polar surface area (TPSA) is 99.3 Å². The molecular weight excluding hydrogens is 208 g/mol. The number of hydrogen-bond donors (Lipinski definition) is 2. The number of para-hydroxylation sites is 1. The van der Waals surface area contributed by atoms with Gasteiger partial charge in [-0.25, -0.2) is 4.79 Å². The summed E-state index contributed by atoms with van der Waals surface area (Å²) in [6.45, 7) is 1.26. The molecule has 0 saturated carbocycles. The molecule has 1 heterocycles. The van der Waals surface area contributed by atoms with Crippen LogP contribution in [0.5, 0.6) is 0 Å². The van der Waals surface area contributed by atoms with Crippen LogP contribution < -0.4 is 17.1 Å². The molecule has 2 rings (SSSR count). The van der Waals surface area contributed by atoms with E-state index in [9.17, 15) is 9.59 Å². The molecule has 0 aliphatic heterocycles. The van der Waals surface area contributed by atoms with E-state index < -0.39 is 11.4 Å². The molecule has 5 heteroatoms. The first kappa shape index (κ1) is 10.2. The van der Waals surface area contributed by atoms with Gasteiger partial charge in [0.15, 0.2) is 11.4 Å². The molecule has 0 bridgehead atoms. The number of benzene rings is 1. The summed E-state index contributed by atoms with van der Waals surface area (Å²) < 4.78 is 4.98. The fraction of sp³-hybridized carbons (Fsp3) is 0.0909. The molecule has 2 aromatic rings. The first-order chi connectivity index (χ1) is 7.52. The van der Waals surface area contributed by atoms with Crippen LogP contribution in [0, 0.1) is 0 Å². The number of carbonyl (C=O) groups is 1. The van der Waals surface area contributed by atoms with Gasteiger partial charge >= 0.3 is 5.63 Å². The van der Waals surface area contributed by atoms with Crippen LogP contribution in [0.1, 0.15) is 17.3 Å². The highest BCUT2D eigenvalue weighted by molar-refractivity contribution is 6.07. The van der Waals surface area contributed by atoms with Crippen molar-refractivity contribution in [2.45, 2.75) is 6.92 Å². The molecule has 16 heavy (non-hydrogen) atoms. The van der Waals surface area contributed by atoms with E-state index in [0.29, 0.717) is 11.1 Å². The zero-order valence-electron chi connectivity index (χ0n) is 8.61. The highest BCUT2D eigenvalue weighted by Gasteiger charge is 2.16. The zero-order valence-corrected chi connectivity index (χ0v) is 8.61. The average molecular weight is 218 g/mol. The number of nitrogen functional groups attached to an aromatic ring is 2. The first-order valence-electron chi connectivity index (χ1n) is 4.64. The minimum absolute atomic E-state index is 0.117. The van der Waals surface area contributed by atoms with Gasteiger partial charge in [0.05, 0.1) is 11.4 Å². The van der Waals surface area contributed by atoms with Crippen molar-refractivity contribution in [1.29, 1.82) is 0 Å². The Morgan fingerprint density at radius 3 is 2.62 bits per heavy atom. The fourth-order valence-corrected chi connectivity index (χ4v) is 1.60. The molecule has 0 amide bonds. The van der Waals surface area contributed by atoms with Gasteiger partial charge in [0, 0.05) is 5.39 Å². The van der Waals surface area contributed by atoms with Crippen molar-refractivity contribution >= 4 is 28.1 Å². The summed E-state index contributed by atoms with van der Waals surface area (Å²) in [7, 11) is 0. The Morgan fingerprint density at radius 2 is 2.00 bits per heavy atom. The first-order valence-corrected chi connectivity index (χ1v) is 4.64. The van der Waals surface area contributed by atoms with Crippen molar-refractivity contribution in [3.8, 4) is 0 Å². The van der Waals surface area contributed by atoms with Gasteiger partial charge in [0.25, 0.3) is 0 Å². The van der Waals surface area contributed by atoms with E-state index in [0.717, 1.165) is 0 Å². The summed E-state index contributed by atoms with van der Waals surface area (Å²) in [6, 6.07) is 4.92. The molecule has 0 atom stereocenters. The Kier molecular flexibility index (Phi) is 2.16. The molecule has 0 saturated heterocycles. The van der Waals surface area contributed by atoms with Crippen LogP contribution in [0.15, 0.2) is 27.4 Å². The van der Waals surface area contributed by atoms with Gasteiger partial charge < -0.3 is 15.9 Å². The fourth-order valence-electron chi connectivity index (χ4n) is 1.60. The Morgan fingerprint density at radius 1 is 1.31 bits per heavy atom. The molecule has 0 spiro atoms. The summed E-state index contributed by atoms with van der Waals surface area (Å²) in [4.78, 5) is 22.8. The second-order valence-corrected chi connectivity index (χ2v) is 3.46. The molecular formula is C11H10N2O3. The summed E-state index contributed by atoms with van der Waals surface area (Å²) in [5.41, 5.74) is 11.2. The minimum Gasteiger partial charge on any atom is -0.420 e. The van der Waals surface area contributed by atoms with Crippen LogP contribution in [-0.4, -0.2) is 5.78 Å². The largest absolute Gasteiger partial charge is 0.420 e. The quantitative estimate of drug-likeness (QED) is 0.425. The van der Waals surface area contributed by atoms with Crippen molar-refractivity contribution < 1.29 is 9.21 Å². The SMILES string of the molecule is CC(=O)c1c(N)c2cccc(N)c2oc1=O. The van der Waals surface area contributed by atoms with E-state index in [1.807, 2.05) is 0 Å². The van der Waals surface area contributed by atoms with Crippen LogP contribution in [0.3, 0.4) is 0 Å². The number of Topliss-reactive ketones (excluding diaryl/α,β-unsaturated/α-hetero) is 1. The number of hydrogen-bond acceptors (Lipinski definition) is 5. The van der Waals surface area contributed by atoms with Gasteiger partial charge in [-0.2, -0.15) is 0 Å². The van der Waals surface area contributed by atoms with Crippen molar-refractivity contribution in [3.63, 3.8) is 0 Å². The summed E-state index contributed by atoms with van der Waals surface area (Å²) in [6.07, 6.45) is 0. The third-order valence-corrected chi connectivity index (χ3v) is 2.36. The normalized spacial score (nSPS) is 10.6. The van der Waals surface area contributed by atoms with Gasteiger partial charge in [-0.1, -0.05) is 6.07 Å². The summed E-state index contributed by atoms with van der Waals surface area (Å²) in [5.74, 6) is -0.421. The maximum atomic E-state index is 11.5. The Bertz CT molecular complexity index is 643.